The number of esters is 1. The van der Waals surface area contributed by atoms with Gasteiger partial charge in [-0.15, -0.1) is 23.1 Å². The Morgan fingerprint density at radius 2 is 1.51 bits per heavy atom. The molecular weight excluding hydrogens is 585 g/mol. The van der Waals surface area contributed by atoms with Crippen LogP contribution in [0, 0.1) is 0 Å². The summed E-state index contributed by atoms with van der Waals surface area (Å²) in [5.74, 6) is -0.290. The average molecular weight is 617 g/mol. The Morgan fingerprint density at radius 1 is 0.814 bits per heavy atom. The Labute approximate surface area is 258 Å². The lowest BCUT2D eigenvalue weighted by atomic mass is 9.95. The van der Waals surface area contributed by atoms with Crippen molar-refractivity contribution in [2.75, 3.05) is 32.0 Å². The Bertz CT molecular complexity index is 1610. The van der Waals surface area contributed by atoms with Crippen molar-refractivity contribution in [2.24, 2.45) is 0 Å². The number of carbonyl (C=O) groups is 3. The standard InChI is InChI=1S/C33H32N2O6S2/c1-39-24-16-10-17-25(40-2)28(24)30(36)34-21-13-9-14-22(19-21)42-29(20-11-5-4-6-12-20)31(37)35-32-27(33(38)41-3)23-15-7-8-18-26(23)43-32/h4-6,9-14,16-17,19,29H,7-8,15,18H2,1-3H3,(H,34,36)(H,35,37). The summed E-state index contributed by atoms with van der Waals surface area (Å²) in [6, 6.07) is 21.9. The number of amides is 2. The van der Waals surface area contributed by atoms with Gasteiger partial charge in [0.15, 0.2) is 0 Å². The van der Waals surface area contributed by atoms with Crippen LogP contribution in [0.3, 0.4) is 0 Å². The second-order valence-electron chi connectivity index (χ2n) is 9.82. The normalized spacial score (nSPS) is 12.9. The van der Waals surface area contributed by atoms with Crippen molar-refractivity contribution in [1.82, 2.24) is 0 Å². The minimum Gasteiger partial charge on any atom is -0.496 e. The summed E-state index contributed by atoms with van der Waals surface area (Å²) < 4.78 is 15.9. The van der Waals surface area contributed by atoms with Crippen LogP contribution < -0.4 is 20.1 Å². The molecule has 8 nitrogen and oxygen atoms in total. The molecule has 0 radical (unpaired) electrons. The van der Waals surface area contributed by atoms with Crippen molar-refractivity contribution in [3.63, 3.8) is 0 Å². The van der Waals surface area contributed by atoms with Crippen LogP contribution in [0.1, 0.15) is 54.8 Å². The van der Waals surface area contributed by atoms with E-state index in [1.165, 1.54) is 44.4 Å². The zero-order chi connectivity index (χ0) is 30.3. The second kappa shape index (κ2) is 13.8. The Balaban J connectivity index is 1.41. The molecule has 1 heterocycles. The third-order valence-electron chi connectivity index (χ3n) is 7.14. The van der Waals surface area contributed by atoms with Crippen molar-refractivity contribution < 1.29 is 28.6 Å². The molecule has 0 saturated carbocycles. The number of anilines is 2. The minimum atomic E-state index is -0.633. The lowest BCUT2D eigenvalue weighted by Gasteiger charge is -2.18. The number of thioether (sulfide) groups is 1. The summed E-state index contributed by atoms with van der Waals surface area (Å²) in [4.78, 5) is 41.8. The molecule has 1 aliphatic carbocycles. The highest BCUT2D eigenvalue weighted by atomic mass is 32.2. The van der Waals surface area contributed by atoms with Crippen LogP contribution in [0.25, 0.3) is 0 Å². The number of ether oxygens (including phenoxy) is 3. The van der Waals surface area contributed by atoms with Gasteiger partial charge < -0.3 is 24.8 Å². The lowest BCUT2D eigenvalue weighted by molar-refractivity contribution is -0.115. The van der Waals surface area contributed by atoms with Crippen LogP contribution in [0.4, 0.5) is 10.7 Å². The molecule has 222 valence electrons. The maximum absolute atomic E-state index is 13.9. The first-order chi connectivity index (χ1) is 20.9. The highest BCUT2D eigenvalue weighted by molar-refractivity contribution is 8.00. The van der Waals surface area contributed by atoms with E-state index in [4.69, 9.17) is 14.2 Å². The summed E-state index contributed by atoms with van der Waals surface area (Å²) in [6.07, 6.45) is 3.74. The predicted octanol–water partition coefficient (Wildman–Crippen LogP) is 7.16. The van der Waals surface area contributed by atoms with Crippen molar-refractivity contribution >= 4 is 51.6 Å². The third kappa shape index (κ3) is 6.71. The van der Waals surface area contributed by atoms with Crippen LogP contribution >= 0.6 is 23.1 Å². The third-order valence-corrected chi connectivity index (χ3v) is 9.59. The first-order valence-electron chi connectivity index (χ1n) is 13.8. The van der Waals surface area contributed by atoms with Crippen molar-refractivity contribution in [2.45, 2.75) is 35.8 Å². The van der Waals surface area contributed by atoms with E-state index in [1.807, 2.05) is 48.5 Å². The number of carbonyl (C=O) groups excluding carboxylic acids is 3. The zero-order valence-corrected chi connectivity index (χ0v) is 25.7. The van der Waals surface area contributed by atoms with Crippen LogP contribution in [-0.4, -0.2) is 39.1 Å². The maximum atomic E-state index is 13.9. The number of thiophene rings is 1. The molecule has 43 heavy (non-hydrogen) atoms. The molecule has 2 N–H and O–H groups in total. The van der Waals surface area contributed by atoms with E-state index >= 15 is 0 Å². The molecule has 4 aromatic rings. The first kappa shape index (κ1) is 30.2. The first-order valence-corrected chi connectivity index (χ1v) is 15.5. The molecule has 0 bridgehead atoms. The van der Waals surface area contributed by atoms with Gasteiger partial charge in [-0.05, 0) is 67.1 Å². The van der Waals surface area contributed by atoms with Gasteiger partial charge in [-0.2, -0.15) is 0 Å². The largest absolute Gasteiger partial charge is 0.496 e. The van der Waals surface area contributed by atoms with Gasteiger partial charge in [0.1, 0.15) is 27.3 Å². The molecule has 10 heteroatoms. The van der Waals surface area contributed by atoms with E-state index in [-0.39, 0.29) is 17.4 Å². The van der Waals surface area contributed by atoms with E-state index in [0.29, 0.717) is 27.8 Å². The SMILES string of the molecule is COC(=O)c1c(NC(=O)C(Sc2cccc(NC(=O)c3c(OC)cccc3OC)c2)c2ccccc2)sc2c1CCCC2. The van der Waals surface area contributed by atoms with Crippen LogP contribution in [0.2, 0.25) is 0 Å². The van der Waals surface area contributed by atoms with Gasteiger partial charge in [0, 0.05) is 15.5 Å². The minimum absolute atomic E-state index is 0.256. The number of hydrogen-bond donors (Lipinski definition) is 2. The van der Waals surface area contributed by atoms with Crippen LogP contribution in [0.15, 0.2) is 77.7 Å². The van der Waals surface area contributed by atoms with Gasteiger partial charge in [0.2, 0.25) is 5.91 Å². The molecule has 1 atom stereocenters. The topological polar surface area (TPSA) is 103 Å². The van der Waals surface area contributed by atoms with Gasteiger partial charge in [-0.25, -0.2) is 4.79 Å². The fourth-order valence-corrected chi connectivity index (χ4v) is 7.47. The molecular formula is C33H32N2O6S2. The van der Waals surface area contributed by atoms with Gasteiger partial charge in [-0.3, -0.25) is 9.59 Å². The number of aryl methyl sites for hydroxylation is 1. The number of rotatable bonds is 10. The van der Waals surface area contributed by atoms with E-state index < -0.39 is 11.2 Å². The number of fused-ring (bicyclic) bond motifs is 1. The van der Waals surface area contributed by atoms with Crippen molar-refractivity contribution in [1.29, 1.82) is 0 Å². The zero-order valence-electron chi connectivity index (χ0n) is 24.1. The summed E-state index contributed by atoms with van der Waals surface area (Å²) >= 11 is 2.81. The molecule has 2 amide bonds. The average Bonchev–Trinajstić information content (AvgIpc) is 3.40. The summed E-state index contributed by atoms with van der Waals surface area (Å²) in [7, 11) is 4.35. The van der Waals surface area contributed by atoms with Crippen molar-refractivity contribution in [3.8, 4) is 11.5 Å². The molecule has 1 unspecified atom stereocenters. The summed E-state index contributed by atoms with van der Waals surface area (Å²) in [5, 5.41) is 5.87. The second-order valence-corrected chi connectivity index (χ2v) is 12.1. The van der Waals surface area contributed by atoms with Gasteiger partial charge in [0.05, 0.1) is 26.9 Å². The monoisotopic (exact) mass is 616 g/mol. The molecule has 1 aliphatic rings. The Hall–Kier alpha value is -4.28. The highest BCUT2D eigenvalue weighted by Crippen LogP contribution is 2.42. The molecule has 5 rings (SSSR count). The number of nitrogens with one attached hydrogen (secondary N) is 2. The fraction of sp³-hybridized carbons (Fsp3) is 0.242. The van der Waals surface area contributed by atoms with Crippen molar-refractivity contribution in [3.05, 3.63) is 99.9 Å². The van der Waals surface area contributed by atoms with Crippen LogP contribution in [0.5, 0.6) is 11.5 Å². The Morgan fingerprint density at radius 3 is 2.21 bits per heavy atom. The lowest BCUT2D eigenvalue weighted by Crippen LogP contribution is -2.20. The summed E-state index contributed by atoms with van der Waals surface area (Å²) in [5.41, 5.74) is 3.08. The fourth-order valence-electron chi connectivity index (χ4n) is 5.10. The quantitative estimate of drug-likeness (QED) is 0.144. The van der Waals surface area contributed by atoms with Gasteiger partial charge >= 0.3 is 5.97 Å². The predicted molar refractivity (Wildman–Crippen MR) is 170 cm³/mol. The molecule has 3 aromatic carbocycles. The highest BCUT2D eigenvalue weighted by Gasteiger charge is 2.30. The van der Waals surface area contributed by atoms with Crippen LogP contribution in [-0.2, 0) is 22.4 Å². The molecule has 0 aliphatic heterocycles. The van der Waals surface area contributed by atoms with Gasteiger partial charge in [0.25, 0.3) is 5.91 Å². The number of methoxy groups -OCH3 is 3. The molecule has 0 spiro atoms. The maximum Gasteiger partial charge on any atom is 0.341 e. The molecule has 0 fully saturated rings. The van der Waals surface area contributed by atoms with E-state index in [2.05, 4.69) is 10.6 Å². The smallest absolute Gasteiger partial charge is 0.341 e. The van der Waals surface area contributed by atoms with E-state index in [1.54, 1.807) is 24.3 Å². The Kier molecular flexibility index (Phi) is 9.68. The van der Waals surface area contributed by atoms with Gasteiger partial charge in [-0.1, -0.05) is 42.5 Å². The number of hydrogen-bond acceptors (Lipinski definition) is 8. The molecule has 1 aromatic heterocycles. The van der Waals surface area contributed by atoms with E-state index in [9.17, 15) is 14.4 Å². The molecule has 0 saturated heterocycles. The number of benzene rings is 3. The van der Waals surface area contributed by atoms with E-state index in [0.717, 1.165) is 46.6 Å². The summed E-state index contributed by atoms with van der Waals surface area (Å²) in [6.45, 7) is 0.